The number of amides is 1. The van der Waals surface area contributed by atoms with Gasteiger partial charge in [-0.1, -0.05) is 30.3 Å². The van der Waals surface area contributed by atoms with Crippen molar-refractivity contribution in [2.45, 2.75) is 19.9 Å². The molecule has 1 saturated heterocycles. The van der Waals surface area contributed by atoms with Gasteiger partial charge in [0.15, 0.2) is 0 Å². The fourth-order valence-electron chi connectivity index (χ4n) is 3.69. The molecule has 0 spiro atoms. The number of likely N-dealkylation sites (N-methyl/N-ethyl adjacent to an activating group) is 1. The molecule has 3 heterocycles. The largest absolute Gasteiger partial charge is 0.338 e. The van der Waals surface area contributed by atoms with Gasteiger partial charge in [-0.2, -0.15) is 0 Å². The first-order valence-corrected chi connectivity index (χ1v) is 9.41. The molecule has 6 nitrogen and oxygen atoms in total. The van der Waals surface area contributed by atoms with Crippen LogP contribution in [0, 0.1) is 0 Å². The topological polar surface area (TPSA) is 52.6 Å². The molecule has 4 rings (SSSR count). The summed E-state index contributed by atoms with van der Waals surface area (Å²) in [6, 6.07) is 10.6. The van der Waals surface area contributed by atoms with E-state index in [0.29, 0.717) is 5.56 Å². The van der Waals surface area contributed by atoms with Crippen molar-refractivity contribution in [1.82, 2.24) is 19.8 Å². The molecule has 136 valence electrons. The Kier molecular flexibility index (Phi) is 4.84. The fraction of sp³-hybridized carbons (Fsp3) is 0.450. The molecule has 0 unspecified atom stereocenters. The van der Waals surface area contributed by atoms with Crippen molar-refractivity contribution < 1.29 is 4.79 Å². The van der Waals surface area contributed by atoms with Crippen molar-refractivity contribution >= 4 is 11.9 Å². The maximum absolute atomic E-state index is 12.4. The lowest BCUT2D eigenvalue weighted by Crippen LogP contribution is -2.47. The normalized spacial score (nSPS) is 18.1. The average Bonchev–Trinajstić information content (AvgIpc) is 2.69. The smallest absolute Gasteiger partial charge is 0.257 e. The van der Waals surface area contributed by atoms with Crippen LogP contribution >= 0.6 is 0 Å². The van der Waals surface area contributed by atoms with Crippen LogP contribution in [0.25, 0.3) is 0 Å². The molecule has 2 aromatic rings. The van der Waals surface area contributed by atoms with Crippen LogP contribution in [0.4, 0.5) is 5.95 Å². The number of anilines is 1. The van der Waals surface area contributed by atoms with Crippen molar-refractivity contribution in [3.63, 3.8) is 0 Å². The van der Waals surface area contributed by atoms with Crippen LogP contribution in [0.5, 0.6) is 0 Å². The summed E-state index contributed by atoms with van der Waals surface area (Å²) >= 11 is 0. The number of carbonyl (C=O) groups excluding carboxylic acids is 1. The second-order valence-corrected chi connectivity index (χ2v) is 6.91. The molecule has 1 fully saturated rings. The third kappa shape index (κ3) is 3.42. The maximum Gasteiger partial charge on any atom is 0.257 e. The molecule has 0 saturated carbocycles. The van der Waals surface area contributed by atoms with Gasteiger partial charge in [0.25, 0.3) is 5.91 Å². The number of nitrogens with zero attached hydrogens (tertiary/aromatic N) is 5. The van der Waals surface area contributed by atoms with E-state index in [2.05, 4.69) is 45.1 Å². The Labute approximate surface area is 154 Å². The third-order valence-electron chi connectivity index (χ3n) is 5.28. The van der Waals surface area contributed by atoms with Gasteiger partial charge in [0.05, 0.1) is 11.3 Å². The fourth-order valence-corrected chi connectivity index (χ4v) is 3.69. The highest BCUT2D eigenvalue weighted by molar-refractivity contribution is 5.96. The number of carbonyl (C=O) groups is 1. The van der Waals surface area contributed by atoms with Gasteiger partial charge in [-0.25, -0.2) is 9.97 Å². The molecule has 0 atom stereocenters. The van der Waals surface area contributed by atoms with Gasteiger partial charge in [0.2, 0.25) is 5.95 Å². The quantitative estimate of drug-likeness (QED) is 0.841. The molecule has 1 aromatic heterocycles. The summed E-state index contributed by atoms with van der Waals surface area (Å²) in [6.07, 6.45) is 2.54. The van der Waals surface area contributed by atoms with Crippen LogP contribution in [0.1, 0.15) is 28.5 Å². The van der Waals surface area contributed by atoms with Crippen LogP contribution < -0.4 is 4.90 Å². The van der Waals surface area contributed by atoms with E-state index < -0.39 is 0 Å². The molecule has 2 aliphatic rings. The number of aromatic nitrogens is 2. The number of fused-ring (bicyclic) bond motifs is 1. The van der Waals surface area contributed by atoms with Gasteiger partial charge in [0, 0.05) is 58.4 Å². The number of hydrogen-bond donors (Lipinski definition) is 0. The Bertz CT molecular complexity index is 771. The van der Waals surface area contributed by atoms with Gasteiger partial charge >= 0.3 is 0 Å². The summed E-state index contributed by atoms with van der Waals surface area (Å²) < 4.78 is 0. The summed E-state index contributed by atoms with van der Waals surface area (Å²) in [4.78, 5) is 28.1. The Morgan fingerprint density at radius 1 is 1.04 bits per heavy atom. The molecule has 0 bridgehead atoms. The van der Waals surface area contributed by atoms with Crippen LogP contribution in [-0.2, 0) is 13.0 Å². The lowest BCUT2D eigenvalue weighted by atomic mass is 10.1. The van der Waals surface area contributed by atoms with Gasteiger partial charge in [-0.15, -0.1) is 0 Å². The summed E-state index contributed by atoms with van der Waals surface area (Å²) in [5.74, 6) is 0.828. The standard InChI is InChI=1S/C20H25N5O/c1-2-24-9-8-18-17(19(24)26)14-21-20(22-18)25-12-10-23(11-13-25)15-16-6-4-3-5-7-16/h3-7,14H,2,8-13,15H2,1H3. The number of hydrogen-bond acceptors (Lipinski definition) is 5. The molecule has 6 heteroatoms. The summed E-state index contributed by atoms with van der Waals surface area (Å²) in [5.41, 5.74) is 2.92. The second-order valence-electron chi connectivity index (χ2n) is 6.91. The van der Waals surface area contributed by atoms with Gasteiger partial charge in [-0.05, 0) is 12.5 Å². The van der Waals surface area contributed by atoms with E-state index in [-0.39, 0.29) is 5.91 Å². The van der Waals surface area contributed by atoms with Gasteiger partial charge < -0.3 is 9.80 Å². The monoisotopic (exact) mass is 351 g/mol. The number of benzene rings is 1. The zero-order valence-electron chi connectivity index (χ0n) is 15.3. The van der Waals surface area contributed by atoms with Crippen molar-refractivity contribution in [3.8, 4) is 0 Å². The minimum absolute atomic E-state index is 0.0629. The van der Waals surface area contributed by atoms with Crippen LogP contribution in [0.2, 0.25) is 0 Å². The minimum Gasteiger partial charge on any atom is -0.338 e. The van der Waals surface area contributed by atoms with Gasteiger partial charge in [-0.3, -0.25) is 9.69 Å². The Balaban J connectivity index is 1.40. The highest BCUT2D eigenvalue weighted by Crippen LogP contribution is 2.20. The highest BCUT2D eigenvalue weighted by atomic mass is 16.2. The zero-order valence-corrected chi connectivity index (χ0v) is 15.3. The molecular formula is C20H25N5O. The number of piperazine rings is 1. The molecule has 1 aromatic carbocycles. The van der Waals surface area contributed by atoms with Crippen molar-refractivity contribution in [3.05, 3.63) is 53.3 Å². The molecule has 2 aliphatic heterocycles. The molecular weight excluding hydrogens is 326 g/mol. The lowest BCUT2D eigenvalue weighted by molar-refractivity contribution is 0.0746. The van der Waals surface area contributed by atoms with Gasteiger partial charge in [0.1, 0.15) is 0 Å². The molecule has 0 radical (unpaired) electrons. The lowest BCUT2D eigenvalue weighted by Gasteiger charge is -2.35. The summed E-state index contributed by atoms with van der Waals surface area (Å²) in [6.45, 7) is 8.32. The summed E-state index contributed by atoms with van der Waals surface area (Å²) in [5, 5.41) is 0. The first-order chi connectivity index (χ1) is 12.7. The van der Waals surface area contributed by atoms with Crippen LogP contribution in [-0.4, -0.2) is 64.9 Å². The Morgan fingerprint density at radius 3 is 2.54 bits per heavy atom. The molecule has 0 N–H and O–H groups in total. The molecule has 26 heavy (non-hydrogen) atoms. The maximum atomic E-state index is 12.4. The van der Waals surface area contributed by atoms with Crippen molar-refractivity contribution in [1.29, 1.82) is 0 Å². The minimum atomic E-state index is 0.0629. The molecule has 0 aliphatic carbocycles. The first kappa shape index (κ1) is 17.0. The first-order valence-electron chi connectivity index (χ1n) is 9.41. The zero-order chi connectivity index (χ0) is 17.9. The van der Waals surface area contributed by atoms with Crippen molar-refractivity contribution in [2.75, 3.05) is 44.2 Å². The van der Waals surface area contributed by atoms with Crippen molar-refractivity contribution in [2.24, 2.45) is 0 Å². The van der Waals surface area contributed by atoms with E-state index >= 15 is 0 Å². The van der Waals surface area contributed by atoms with E-state index in [1.54, 1.807) is 6.20 Å². The molecule has 1 amide bonds. The predicted molar refractivity (Wildman–Crippen MR) is 101 cm³/mol. The second kappa shape index (κ2) is 7.41. The summed E-state index contributed by atoms with van der Waals surface area (Å²) in [7, 11) is 0. The van der Waals surface area contributed by atoms with Crippen LogP contribution in [0.15, 0.2) is 36.5 Å². The Morgan fingerprint density at radius 2 is 1.81 bits per heavy atom. The van der Waals surface area contributed by atoms with E-state index in [4.69, 9.17) is 4.98 Å². The van der Waals surface area contributed by atoms with E-state index in [1.165, 1.54) is 5.56 Å². The average molecular weight is 351 g/mol. The van der Waals surface area contributed by atoms with E-state index in [0.717, 1.165) is 63.9 Å². The van der Waals surface area contributed by atoms with Crippen LogP contribution in [0.3, 0.4) is 0 Å². The Hall–Kier alpha value is -2.47. The SMILES string of the molecule is CCN1CCc2nc(N3CCN(Cc4ccccc4)CC3)ncc2C1=O. The van der Waals surface area contributed by atoms with E-state index in [9.17, 15) is 4.79 Å². The number of rotatable bonds is 4. The van der Waals surface area contributed by atoms with E-state index in [1.807, 2.05) is 11.8 Å². The third-order valence-corrected chi connectivity index (χ3v) is 5.28. The highest BCUT2D eigenvalue weighted by Gasteiger charge is 2.26. The predicted octanol–water partition coefficient (Wildman–Crippen LogP) is 1.82.